The first-order valence-electron chi connectivity index (χ1n) is 11.7. The highest BCUT2D eigenvalue weighted by molar-refractivity contribution is 6.01. The standard InChI is InChI=1S/C25H33N3O2/c1-27-10-7-17(8-11-27)16-28-12-9-21-22(25(28)30)3-2-4-23(21)26-24(29)15-20-14-18-5-6-19(20)13-18/h2-4,9,12,17-20H,5-8,10-11,13-16H2,1H3,(H,26,29)/t18?,19-,20?/m0/s1. The van der Waals surface area contributed by atoms with Crippen LogP contribution in [-0.4, -0.2) is 35.5 Å². The number of hydrogen-bond donors (Lipinski definition) is 1. The third-order valence-corrected chi connectivity index (χ3v) is 7.92. The van der Waals surface area contributed by atoms with Gasteiger partial charge in [-0.15, -0.1) is 0 Å². The molecule has 2 bridgehead atoms. The molecule has 0 spiro atoms. The molecule has 2 aromatic rings. The number of carbonyl (C=O) groups is 1. The molecule has 2 unspecified atom stereocenters. The van der Waals surface area contributed by atoms with E-state index in [0.29, 0.717) is 23.6 Å². The van der Waals surface area contributed by atoms with Crippen molar-refractivity contribution < 1.29 is 4.79 Å². The van der Waals surface area contributed by atoms with Crippen LogP contribution in [0.5, 0.6) is 0 Å². The highest BCUT2D eigenvalue weighted by atomic mass is 16.1. The maximum Gasteiger partial charge on any atom is 0.258 e. The molecule has 3 atom stereocenters. The molecule has 1 amide bonds. The van der Waals surface area contributed by atoms with E-state index < -0.39 is 0 Å². The second-order valence-corrected chi connectivity index (χ2v) is 9.97. The molecule has 1 saturated heterocycles. The number of piperidine rings is 1. The number of nitrogens with one attached hydrogen (secondary N) is 1. The number of aromatic nitrogens is 1. The van der Waals surface area contributed by atoms with Crippen LogP contribution in [0.15, 0.2) is 35.3 Å². The second-order valence-electron chi connectivity index (χ2n) is 9.97. The number of pyridine rings is 1. The Balaban J connectivity index is 1.30. The van der Waals surface area contributed by atoms with Gasteiger partial charge in [0.1, 0.15) is 0 Å². The molecule has 1 aromatic carbocycles. The van der Waals surface area contributed by atoms with Gasteiger partial charge < -0.3 is 14.8 Å². The molecule has 0 radical (unpaired) electrons. The van der Waals surface area contributed by atoms with Gasteiger partial charge in [0.2, 0.25) is 5.91 Å². The molecule has 1 aliphatic heterocycles. The third-order valence-electron chi connectivity index (χ3n) is 7.92. The highest BCUT2D eigenvalue weighted by Gasteiger charge is 2.40. The Hall–Kier alpha value is -2.14. The predicted octanol–water partition coefficient (Wildman–Crippen LogP) is 4.11. The van der Waals surface area contributed by atoms with Crippen LogP contribution in [0.4, 0.5) is 5.69 Å². The van der Waals surface area contributed by atoms with E-state index in [1.807, 2.05) is 35.0 Å². The molecule has 5 nitrogen and oxygen atoms in total. The molecule has 5 heteroatoms. The summed E-state index contributed by atoms with van der Waals surface area (Å²) in [6.07, 6.45) is 10.0. The molecule has 30 heavy (non-hydrogen) atoms. The van der Waals surface area contributed by atoms with Crippen molar-refractivity contribution >= 4 is 22.4 Å². The molecule has 1 N–H and O–H groups in total. The van der Waals surface area contributed by atoms with Crippen molar-refractivity contribution in [1.29, 1.82) is 0 Å². The summed E-state index contributed by atoms with van der Waals surface area (Å²) in [6, 6.07) is 7.69. The van der Waals surface area contributed by atoms with Crippen LogP contribution in [0.1, 0.15) is 44.9 Å². The van der Waals surface area contributed by atoms with Gasteiger partial charge in [-0.05, 0) is 94.1 Å². The monoisotopic (exact) mass is 407 g/mol. The van der Waals surface area contributed by atoms with Gasteiger partial charge in [-0.3, -0.25) is 9.59 Å². The van der Waals surface area contributed by atoms with Gasteiger partial charge in [-0.2, -0.15) is 0 Å². The first-order valence-corrected chi connectivity index (χ1v) is 11.7. The summed E-state index contributed by atoms with van der Waals surface area (Å²) in [4.78, 5) is 28.2. The van der Waals surface area contributed by atoms with Crippen LogP contribution in [-0.2, 0) is 11.3 Å². The number of nitrogens with zero attached hydrogens (tertiary/aromatic N) is 2. The molecule has 2 saturated carbocycles. The Morgan fingerprint density at radius 1 is 1.07 bits per heavy atom. The van der Waals surface area contributed by atoms with Gasteiger partial charge >= 0.3 is 0 Å². The van der Waals surface area contributed by atoms with Crippen molar-refractivity contribution in [3.05, 3.63) is 40.8 Å². The number of carbonyl (C=O) groups excluding carboxylic acids is 1. The summed E-state index contributed by atoms with van der Waals surface area (Å²) >= 11 is 0. The van der Waals surface area contributed by atoms with Gasteiger partial charge in [0.25, 0.3) is 5.56 Å². The Bertz CT molecular complexity index is 990. The maximum absolute atomic E-state index is 13.1. The summed E-state index contributed by atoms with van der Waals surface area (Å²) in [6.45, 7) is 2.99. The van der Waals surface area contributed by atoms with E-state index in [0.717, 1.165) is 55.4 Å². The fourth-order valence-corrected chi connectivity index (χ4v) is 6.16. The van der Waals surface area contributed by atoms with E-state index in [9.17, 15) is 9.59 Å². The van der Waals surface area contributed by atoms with E-state index in [2.05, 4.69) is 17.3 Å². The Kier molecular flexibility index (Phi) is 5.40. The normalized spacial score (nSPS) is 27.0. The zero-order valence-electron chi connectivity index (χ0n) is 18.0. The zero-order chi connectivity index (χ0) is 20.7. The molecule has 5 rings (SSSR count). The number of anilines is 1. The molecule has 2 heterocycles. The summed E-state index contributed by atoms with van der Waals surface area (Å²) in [5.41, 5.74) is 0.819. The molecule has 3 fully saturated rings. The quantitative estimate of drug-likeness (QED) is 0.812. The summed E-state index contributed by atoms with van der Waals surface area (Å²) in [7, 11) is 2.16. The number of fused-ring (bicyclic) bond motifs is 3. The lowest BCUT2D eigenvalue weighted by molar-refractivity contribution is -0.117. The molecule has 160 valence electrons. The van der Waals surface area contributed by atoms with E-state index in [-0.39, 0.29) is 11.5 Å². The highest BCUT2D eigenvalue weighted by Crippen LogP contribution is 2.49. The van der Waals surface area contributed by atoms with Gasteiger partial charge in [-0.1, -0.05) is 12.5 Å². The number of amides is 1. The van der Waals surface area contributed by atoms with Crippen LogP contribution in [0.3, 0.4) is 0 Å². The average molecular weight is 408 g/mol. The van der Waals surface area contributed by atoms with Crippen LogP contribution >= 0.6 is 0 Å². The van der Waals surface area contributed by atoms with Crippen LogP contribution in [0.2, 0.25) is 0 Å². The minimum atomic E-state index is 0.0515. The molecule has 3 aliphatic rings. The predicted molar refractivity (Wildman–Crippen MR) is 121 cm³/mol. The molecular formula is C25H33N3O2. The van der Waals surface area contributed by atoms with E-state index in [1.54, 1.807) is 0 Å². The lowest BCUT2D eigenvalue weighted by Crippen LogP contribution is -2.33. The SMILES string of the molecule is CN1CCC(Cn2ccc3c(NC(=O)CC4CC5CC[C@H]4C5)cccc3c2=O)CC1. The van der Waals surface area contributed by atoms with Crippen molar-refractivity contribution in [2.75, 3.05) is 25.5 Å². The fraction of sp³-hybridized carbons (Fsp3) is 0.600. The summed E-state index contributed by atoms with van der Waals surface area (Å²) < 4.78 is 1.86. The number of rotatable bonds is 5. The molecule has 2 aliphatic carbocycles. The molecule has 1 aromatic heterocycles. The van der Waals surface area contributed by atoms with Gasteiger partial charge in [0.15, 0.2) is 0 Å². The van der Waals surface area contributed by atoms with Gasteiger partial charge in [0.05, 0.1) is 0 Å². The fourth-order valence-electron chi connectivity index (χ4n) is 6.16. The second kappa shape index (κ2) is 8.18. The van der Waals surface area contributed by atoms with Crippen molar-refractivity contribution in [2.24, 2.45) is 23.7 Å². The van der Waals surface area contributed by atoms with E-state index >= 15 is 0 Å². The lowest BCUT2D eigenvalue weighted by Gasteiger charge is -2.29. The molecular weight excluding hydrogens is 374 g/mol. The third kappa shape index (κ3) is 3.92. The van der Waals surface area contributed by atoms with Crippen LogP contribution in [0.25, 0.3) is 10.8 Å². The maximum atomic E-state index is 13.1. The van der Waals surface area contributed by atoms with Gasteiger partial charge in [0, 0.05) is 35.6 Å². The number of hydrogen-bond acceptors (Lipinski definition) is 3. The van der Waals surface area contributed by atoms with Crippen molar-refractivity contribution in [1.82, 2.24) is 9.47 Å². The van der Waals surface area contributed by atoms with Crippen molar-refractivity contribution in [3.63, 3.8) is 0 Å². The minimum Gasteiger partial charge on any atom is -0.326 e. The Morgan fingerprint density at radius 2 is 1.90 bits per heavy atom. The average Bonchev–Trinajstić information content (AvgIpc) is 3.35. The first kappa shape index (κ1) is 19.8. The van der Waals surface area contributed by atoms with Crippen LogP contribution < -0.4 is 10.9 Å². The number of likely N-dealkylation sites (tertiary alicyclic amines) is 1. The summed E-state index contributed by atoms with van der Waals surface area (Å²) in [5.74, 6) is 2.80. The zero-order valence-corrected chi connectivity index (χ0v) is 18.0. The van der Waals surface area contributed by atoms with E-state index in [4.69, 9.17) is 0 Å². The topological polar surface area (TPSA) is 54.3 Å². The lowest BCUT2D eigenvalue weighted by atomic mass is 9.86. The largest absolute Gasteiger partial charge is 0.326 e. The van der Waals surface area contributed by atoms with Crippen molar-refractivity contribution in [2.45, 2.75) is 51.5 Å². The number of benzene rings is 1. The van der Waals surface area contributed by atoms with Gasteiger partial charge in [-0.25, -0.2) is 0 Å². The smallest absolute Gasteiger partial charge is 0.258 e. The first-order chi connectivity index (χ1) is 14.6. The minimum absolute atomic E-state index is 0.0515. The van der Waals surface area contributed by atoms with Crippen LogP contribution in [0, 0.1) is 23.7 Å². The summed E-state index contributed by atoms with van der Waals surface area (Å²) in [5, 5.41) is 4.66. The van der Waals surface area contributed by atoms with Crippen molar-refractivity contribution in [3.8, 4) is 0 Å². The van der Waals surface area contributed by atoms with E-state index in [1.165, 1.54) is 25.7 Å². The Labute approximate surface area is 178 Å². The Morgan fingerprint density at radius 3 is 2.63 bits per heavy atom.